The van der Waals surface area contributed by atoms with Gasteiger partial charge in [0.2, 0.25) is 0 Å². The van der Waals surface area contributed by atoms with Crippen LogP contribution >= 0.6 is 0 Å². The van der Waals surface area contributed by atoms with Gasteiger partial charge in [-0.05, 0) is 60.4 Å². The average molecular weight is 271 g/mol. The van der Waals surface area contributed by atoms with Gasteiger partial charge in [0.1, 0.15) is 5.82 Å². The lowest BCUT2D eigenvalue weighted by Gasteiger charge is -2.12. The molecule has 2 rings (SSSR count). The molecule has 0 spiro atoms. The van der Waals surface area contributed by atoms with E-state index in [0.717, 1.165) is 11.3 Å². The lowest BCUT2D eigenvalue weighted by Crippen LogP contribution is -2.12. The third-order valence-corrected chi connectivity index (χ3v) is 3.26. The topological polar surface area (TPSA) is 29.1 Å². The number of rotatable bonds is 3. The fraction of sp³-hybridized carbons (Fsp3) is 0.235. The van der Waals surface area contributed by atoms with Gasteiger partial charge in [-0.3, -0.25) is 4.79 Å². The first-order valence-corrected chi connectivity index (χ1v) is 6.65. The smallest absolute Gasteiger partial charge is 0.255 e. The number of hydrogen-bond donors (Lipinski definition) is 1. The minimum atomic E-state index is -0.348. The molecule has 104 valence electrons. The molecule has 0 aromatic heterocycles. The van der Waals surface area contributed by atoms with Crippen molar-refractivity contribution in [3.05, 3.63) is 65.0 Å². The summed E-state index contributed by atoms with van der Waals surface area (Å²) in [5, 5.41) is 2.82. The number of anilines is 1. The first-order chi connectivity index (χ1) is 9.47. The van der Waals surface area contributed by atoms with Gasteiger partial charge in [-0.15, -0.1) is 0 Å². The van der Waals surface area contributed by atoms with Crippen LogP contribution in [0.2, 0.25) is 0 Å². The fourth-order valence-corrected chi connectivity index (χ4v) is 2.21. The molecule has 0 unspecified atom stereocenters. The highest BCUT2D eigenvalue weighted by Gasteiger charge is 2.08. The molecular formula is C17H18FNO. The van der Waals surface area contributed by atoms with Crippen molar-refractivity contribution in [2.75, 3.05) is 5.32 Å². The van der Waals surface area contributed by atoms with E-state index in [4.69, 9.17) is 0 Å². The number of aryl methyl sites for hydroxylation is 1. The van der Waals surface area contributed by atoms with Gasteiger partial charge in [0.15, 0.2) is 0 Å². The van der Waals surface area contributed by atoms with Crippen LogP contribution in [-0.4, -0.2) is 5.91 Å². The first kappa shape index (κ1) is 14.3. The third kappa shape index (κ3) is 3.23. The summed E-state index contributed by atoms with van der Waals surface area (Å²) in [4.78, 5) is 12.0. The molecule has 0 radical (unpaired) electrons. The van der Waals surface area contributed by atoms with Crippen molar-refractivity contribution in [3.63, 3.8) is 0 Å². The number of carbonyl (C=O) groups excluding carboxylic acids is 1. The number of carbonyl (C=O) groups is 1. The Morgan fingerprint density at radius 2 is 1.75 bits per heavy atom. The molecule has 0 saturated carbocycles. The Hall–Kier alpha value is -2.16. The second-order valence-electron chi connectivity index (χ2n) is 5.19. The number of nitrogens with one attached hydrogen (secondary N) is 1. The van der Waals surface area contributed by atoms with E-state index in [2.05, 4.69) is 19.2 Å². The zero-order valence-corrected chi connectivity index (χ0v) is 11.9. The molecule has 0 aliphatic carbocycles. The molecule has 0 saturated heterocycles. The number of amides is 1. The van der Waals surface area contributed by atoms with Gasteiger partial charge < -0.3 is 5.32 Å². The Morgan fingerprint density at radius 3 is 2.30 bits per heavy atom. The Bertz CT molecular complexity index is 617. The molecule has 1 amide bonds. The second-order valence-corrected chi connectivity index (χ2v) is 5.19. The van der Waals surface area contributed by atoms with E-state index in [9.17, 15) is 9.18 Å². The Morgan fingerprint density at radius 1 is 1.10 bits per heavy atom. The first-order valence-electron chi connectivity index (χ1n) is 6.65. The highest BCUT2D eigenvalue weighted by atomic mass is 19.1. The highest BCUT2D eigenvalue weighted by molar-refractivity contribution is 6.04. The van der Waals surface area contributed by atoms with E-state index in [1.165, 1.54) is 29.8 Å². The predicted octanol–water partition coefficient (Wildman–Crippen LogP) is 4.51. The van der Waals surface area contributed by atoms with Crippen LogP contribution in [-0.2, 0) is 0 Å². The van der Waals surface area contributed by atoms with Crippen molar-refractivity contribution >= 4 is 11.6 Å². The van der Waals surface area contributed by atoms with Crippen LogP contribution < -0.4 is 5.32 Å². The summed E-state index contributed by atoms with van der Waals surface area (Å²) in [5.74, 6) is -0.128. The SMILES string of the molecule is Cc1cc(NC(=O)c2ccc(F)cc2)ccc1C(C)C. The summed E-state index contributed by atoms with van der Waals surface area (Å²) in [6, 6.07) is 11.4. The number of hydrogen-bond acceptors (Lipinski definition) is 1. The summed E-state index contributed by atoms with van der Waals surface area (Å²) >= 11 is 0. The number of halogens is 1. The van der Waals surface area contributed by atoms with Crippen LogP contribution in [0.1, 0.15) is 41.3 Å². The standard InChI is InChI=1S/C17H18FNO/c1-11(2)16-9-8-15(10-12(16)3)19-17(20)13-4-6-14(18)7-5-13/h4-11H,1-3H3,(H,19,20). The van der Waals surface area contributed by atoms with Crippen molar-refractivity contribution in [1.82, 2.24) is 0 Å². The summed E-state index contributed by atoms with van der Waals surface area (Å²) in [5.41, 5.74) is 3.61. The maximum Gasteiger partial charge on any atom is 0.255 e. The zero-order chi connectivity index (χ0) is 14.7. The maximum atomic E-state index is 12.8. The lowest BCUT2D eigenvalue weighted by atomic mass is 9.97. The molecule has 0 fully saturated rings. The minimum Gasteiger partial charge on any atom is -0.322 e. The minimum absolute atomic E-state index is 0.235. The zero-order valence-electron chi connectivity index (χ0n) is 11.9. The normalized spacial score (nSPS) is 10.7. The second kappa shape index (κ2) is 5.87. The summed E-state index contributed by atoms with van der Waals surface area (Å²) < 4.78 is 12.8. The van der Waals surface area contributed by atoms with Gasteiger partial charge in [-0.25, -0.2) is 4.39 Å². The molecule has 0 aliphatic rings. The van der Waals surface area contributed by atoms with E-state index in [0.29, 0.717) is 11.5 Å². The summed E-state index contributed by atoms with van der Waals surface area (Å²) in [7, 11) is 0. The summed E-state index contributed by atoms with van der Waals surface area (Å²) in [6.45, 7) is 6.31. The molecule has 1 N–H and O–H groups in total. The van der Waals surface area contributed by atoms with Crippen molar-refractivity contribution in [2.24, 2.45) is 0 Å². The molecule has 20 heavy (non-hydrogen) atoms. The Labute approximate surface area is 118 Å². The number of benzene rings is 2. The van der Waals surface area contributed by atoms with E-state index in [1.807, 2.05) is 25.1 Å². The van der Waals surface area contributed by atoms with Gasteiger partial charge in [0, 0.05) is 11.3 Å². The highest BCUT2D eigenvalue weighted by Crippen LogP contribution is 2.22. The Balaban J connectivity index is 2.16. The van der Waals surface area contributed by atoms with Gasteiger partial charge >= 0.3 is 0 Å². The van der Waals surface area contributed by atoms with Gasteiger partial charge in [-0.1, -0.05) is 19.9 Å². The van der Waals surface area contributed by atoms with Crippen LogP contribution in [0.5, 0.6) is 0 Å². The van der Waals surface area contributed by atoms with E-state index < -0.39 is 0 Å². The molecule has 2 aromatic rings. The maximum absolute atomic E-state index is 12.8. The van der Waals surface area contributed by atoms with Crippen molar-refractivity contribution in [2.45, 2.75) is 26.7 Å². The molecule has 2 nitrogen and oxygen atoms in total. The lowest BCUT2D eigenvalue weighted by molar-refractivity contribution is 0.102. The molecule has 0 atom stereocenters. The predicted molar refractivity (Wildman–Crippen MR) is 79.6 cm³/mol. The van der Waals surface area contributed by atoms with Gasteiger partial charge in [0.05, 0.1) is 0 Å². The molecule has 0 bridgehead atoms. The van der Waals surface area contributed by atoms with Crippen molar-refractivity contribution < 1.29 is 9.18 Å². The third-order valence-electron chi connectivity index (χ3n) is 3.26. The van der Waals surface area contributed by atoms with Crippen LogP contribution in [0.15, 0.2) is 42.5 Å². The van der Waals surface area contributed by atoms with E-state index in [1.54, 1.807) is 0 Å². The molecular weight excluding hydrogens is 253 g/mol. The quantitative estimate of drug-likeness (QED) is 0.874. The van der Waals surface area contributed by atoms with Crippen LogP contribution in [0.4, 0.5) is 10.1 Å². The fourth-order valence-electron chi connectivity index (χ4n) is 2.21. The largest absolute Gasteiger partial charge is 0.322 e. The van der Waals surface area contributed by atoms with Gasteiger partial charge in [-0.2, -0.15) is 0 Å². The molecule has 0 heterocycles. The van der Waals surface area contributed by atoms with Gasteiger partial charge in [0.25, 0.3) is 5.91 Å². The van der Waals surface area contributed by atoms with Crippen LogP contribution in [0.3, 0.4) is 0 Å². The molecule has 2 aromatic carbocycles. The monoisotopic (exact) mass is 271 g/mol. The van der Waals surface area contributed by atoms with Crippen molar-refractivity contribution in [3.8, 4) is 0 Å². The average Bonchev–Trinajstić information content (AvgIpc) is 2.39. The Kier molecular flexibility index (Phi) is 4.18. The van der Waals surface area contributed by atoms with Crippen molar-refractivity contribution in [1.29, 1.82) is 0 Å². The summed E-state index contributed by atoms with van der Waals surface area (Å²) in [6.07, 6.45) is 0. The molecule has 3 heteroatoms. The molecule has 0 aliphatic heterocycles. The van der Waals surface area contributed by atoms with E-state index >= 15 is 0 Å². The van der Waals surface area contributed by atoms with E-state index in [-0.39, 0.29) is 11.7 Å². The van der Waals surface area contributed by atoms with Crippen LogP contribution in [0, 0.1) is 12.7 Å². The van der Waals surface area contributed by atoms with Crippen LogP contribution in [0.25, 0.3) is 0 Å².